The van der Waals surface area contributed by atoms with Gasteiger partial charge in [0.05, 0.1) is 48.8 Å². The van der Waals surface area contributed by atoms with Crippen LogP contribution in [0.25, 0.3) is 22.9 Å². The predicted molar refractivity (Wildman–Crippen MR) is 242 cm³/mol. The number of amides is 4. The summed E-state index contributed by atoms with van der Waals surface area (Å²) >= 11 is 6.46. The first-order valence-corrected chi connectivity index (χ1v) is 21.4. The molecule has 0 radical (unpaired) electrons. The number of carbonyl (C=O) groups is 4. The third-order valence-corrected chi connectivity index (χ3v) is 13.8. The molecule has 12 heteroatoms. The molecule has 0 bridgehead atoms. The number of benzene rings is 6. The van der Waals surface area contributed by atoms with Crippen LogP contribution in [0.15, 0.2) is 139 Å². The molecule has 1 saturated carbocycles. The van der Waals surface area contributed by atoms with Gasteiger partial charge in [0, 0.05) is 22.1 Å². The highest BCUT2D eigenvalue weighted by Crippen LogP contribution is 2.65. The summed E-state index contributed by atoms with van der Waals surface area (Å²) in [4.78, 5) is 61.4. The molecule has 2 heterocycles. The molecule has 6 atom stereocenters. The van der Waals surface area contributed by atoms with Crippen molar-refractivity contribution in [3.8, 4) is 17.2 Å². The van der Waals surface area contributed by atoms with Gasteiger partial charge >= 0.3 is 0 Å². The van der Waals surface area contributed by atoms with Crippen LogP contribution in [0.5, 0.6) is 17.2 Å². The van der Waals surface area contributed by atoms with Gasteiger partial charge in [-0.1, -0.05) is 90.0 Å². The van der Waals surface area contributed by atoms with Crippen molar-refractivity contribution in [2.24, 2.45) is 23.7 Å². The van der Waals surface area contributed by atoms with Crippen LogP contribution in [0, 0.1) is 29.5 Å². The maximum Gasteiger partial charge on any atom is 0.260 e. The van der Waals surface area contributed by atoms with E-state index in [-0.39, 0.29) is 24.5 Å². The number of allylic oxidation sites excluding steroid dienone is 2. The molecule has 64 heavy (non-hydrogen) atoms. The summed E-state index contributed by atoms with van der Waals surface area (Å²) in [7, 11) is 3.19. The van der Waals surface area contributed by atoms with E-state index < -0.39 is 58.5 Å². The van der Waals surface area contributed by atoms with Gasteiger partial charge in [0.15, 0.2) is 0 Å². The molecule has 4 amide bonds. The van der Waals surface area contributed by atoms with E-state index >= 15 is 9.59 Å². The molecular weight excluding hydrogens is 833 g/mol. The monoisotopic (exact) mass is 873 g/mol. The second kappa shape index (κ2) is 15.8. The van der Waals surface area contributed by atoms with Crippen molar-refractivity contribution < 1.29 is 38.1 Å². The van der Waals surface area contributed by atoms with E-state index in [1.165, 1.54) is 29.2 Å². The number of hydrazine groups is 1. The number of fused-ring (bicyclic) bond motifs is 5. The van der Waals surface area contributed by atoms with Gasteiger partial charge < -0.3 is 14.6 Å². The summed E-state index contributed by atoms with van der Waals surface area (Å²) in [5.41, 5.74) is 5.29. The van der Waals surface area contributed by atoms with Crippen LogP contribution >= 0.6 is 11.6 Å². The van der Waals surface area contributed by atoms with Crippen molar-refractivity contribution in [1.29, 1.82) is 0 Å². The van der Waals surface area contributed by atoms with Gasteiger partial charge in [-0.05, 0) is 113 Å². The molecule has 6 unspecified atom stereocenters. The maximum absolute atomic E-state index is 15.6. The lowest BCUT2D eigenvalue weighted by atomic mass is 9.48. The SMILES string of the molecule is COc1ccc(OC)c(C=Cc2ccc(N3C(=O)C4CC=C5C(CC6C(=O)N(Nc7ccc(F)cc7)C(=O)C6(c6ccc(Cl)cc6)C5c5c(O)ccc6ccccc56)C4C3=O)cc2)c1. The molecule has 2 aliphatic heterocycles. The number of methoxy groups -OCH3 is 2. The van der Waals surface area contributed by atoms with Gasteiger partial charge in [0.25, 0.3) is 11.8 Å². The van der Waals surface area contributed by atoms with Gasteiger partial charge in [-0.25, -0.2) is 4.39 Å². The third-order valence-electron chi connectivity index (χ3n) is 13.5. The number of hydrogen-bond acceptors (Lipinski definition) is 8. The Hall–Kier alpha value is -7.24. The fourth-order valence-corrected chi connectivity index (χ4v) is 10.8. The maximum atomic E-state index is 15.6. The molecule has 2 N–H and O–H groups in total. The fraction of sp³-hybridized carbons (Fsp3) is 0.192. The number of halogens is 2. The summed E-state index contributed by atoms with van der Waals surface area (Å²) < 4.78 is 25.0. The molecule has 3 fully saturated rings. The first-order chi connectivity index (χ1) is 31.0. The van der Waals surface area contributed by atoms with Crippen molar-refractivity contribution in [3.63, 3.8) is 0 Å². The van der Waals surface area contributed by atoms with E-state index in [2.05, 4.69) is 5.43 Å². The summed E-state index contributed by atoms with van der Waals surface area (Å²) in [6, 6.07) is 35.7. The molecule has 6 aromatic rings. The Labute approximate surface area is 373 Å². The lowest BCUT2D eigenvalue weighted by Gasteiger charge is -2.51. The standard InChI is InChI=1S/C52H41ClFN3O7/c1-63-37-22-26-44(64-2)31(27-37)10-7-29-8-20-36(21-9-29)56-48(59)40-24-23-39-41(45(40)50(56)61)28-42-49(60)57(55-35-18-16-34(54)17-19-35)51(62)52(42,32-12-14-33(53)15-13-32)47(39)46-38-6-4-3-5-30(38)11-25-43(46)58/h3-23,25-27,40-42,45,47,55,58H,24,28H2,1-2H3. The van der Waals surface area contributed by atoms with E-state index in [4.69, 9.17) is 21.1 Å². The number of rotatable bonds is 9. The number of hydrogen-bond donors (Lipinski definition) is 2. The van der Waals surface area contributed by atoms with E-state index in [9.17, 15) is 19.1 Å². The summed E-state index contributed by atoms with van der Waals surface area (Å²) in [6.45, 7) is 0. The second-order valence-corrected chi connectivity index (χ2v) is 17.1. The van der Waals surface area contributed by atoms with Crippen molar-refractivity contribution in [2.75, 3.05) is 24.5 Å². The van der Waals surface area contributed by atoms with Crippen LogP contribution in [0.3, 0.4) is 0 Å². The Morgan fingerprint density at radius 3 is 2.28 bits per heavy atom. The van der Waals surface area contributed by atoms with Crippen molar-refractivity contribution in [3.05, 3.63) is 172 Å². The topological polar surface area (TPSA) is 125 Å². The number of carbonyl (C=O) groups excluding carboxylic acids is 4. The second-order valence-electron chi connectivity index (χ2n) is 16.6. The Balaban J connectivity index is 1.08. The first-order valence-electron chi connectivity index (χ1n) is 21.0. The summed E-state index contributed by atoms with van der Waals surface area (Å²) in [6.07, 6.45) is 6.00. The number of nitrogens with one attached hydrogen (secondary N) is 1. The zero-order chi connectivity index (χ0) is 44.4. The van der Waals surface area contributed by atoms with Gasteiger partial charge in [-0.3, -0.25) is 29.5 Å². The normalized spacial score (nSPS) is 23.9. The van der Waals surface area contributed by atoms with Crippen LogP contribution in [0.1, 0.15) is 41.0 Å². The molecule has 2 saturated heterocycles. The van der Waals surface area contributed by atoms with Crippen LogP contribution in [-0.4, -0.2) is 48.0 Å². The highest BCUT2D eigenvalue weighted by atomic mass is 35.5. The number of phenolic OH excluding ortho intramolecular Hbond substituents is 1. The highest BCUT2D eigenvalue weighted by molar-refractivity contribution is 6.30. The number of phenols is 1. The minimum Gasteiger partial charge on any atom is -0.508 e. The number of imide groups is 2. The van der Waals surface area contributed by atoms with Crippen LogP contribution in [-0.2, 0) is 24.6 Å². The number of anilines is 2. The molecule has 10 nitrogen and oxygen atoms in total. The summed E-state index contributed by atoms with van der Waals surface area (Å²) in [5, 5.41) is 14.9. The van der Waals surface area contributed by atoms with Crippen LogP contribution in [0.4, 0.5) is 15.8 Å². The average Bonchev–Trinajstić information content (AvgIpc) is 3.69. The third kappa shape index (κ3) is 6.36. The number of ether oxygens (including phenoxy) is 2. The van der Waals surface area contributed by atoms with Gasteiger partial charge in [0.2, 0.25) is 11.8 Å². The lowest BCUT2D eigenvalue weighted by molar-refractivity contribution is -0.138. The molecule has 10 rings (SSSR count). The van der Waals surface area contributed by atoms with Crippen molar-refractivity contribution in [2.45, 2.75) is 24.2 Å². The highest BCUT2D eigenvalue weighted by Gasteiger charge is 2.71. The van der Waals surface area contributed by atoms with Gasteiger partial charge in [0.1, 0.15) is 23.1 Å². The quantitative estimate of drug-likeness (QED) is 0.0836. The Morgan fingerprint density at radius 1 is 0.797 bits per heavy atom. The van der Waals surface area contributed by atoms with E-state index in [1.54, 1.807) is 62.8 Å². The summed E-state index contributed by atoms with van der Waals surface area (Å²) in [5.74, 6) is -5.42. The smallest absolute Gasteiger partial charge is 0.260 e. The first kappa shape index (κ1) is 40.8. The average molecular weight is 874 g/mol. The minimum absolute atomic E-state index is 0.0498. The molecule has 4 aliphatic rings. The molecular formula is C52H41ClFN3O7. The molecule has 6 aromatic carbocycles. The lowest BCUT2D eigenvalue weighted by Crippen LogP contribution is -2.53. The van der Waals surface area contributed by atoms with Crippen molar-refractivity contribution >= 4 is 69.5 Å². The fourth-order valence-electron chi connectivity index (χ4n) is 10.7. The molecule has 320 valence electrons. The largest absolute Gasteiger partial charge is 0.508 e. The van der Waals surface area contributed by atoms with E-state index in [0.29, 0.717) is 50.0 Å². The van der Waals surface area contributed by atoms with E-state index in [1.807, 2.05) is 72.8 Å². The van der Waals surface area contributed by atoms with Gasteiger partial charge in [-0.2, -0.15) is 5.01 Å². The minimum atomic E-state index is -1.66. The van der Waals surface area contributed by atoms with E-state index in [0.717, 1.165) is 21.5 Å². The zero-order valence-electron chi connectivity index (χ0n) is 34.7. The Kier molecular flexibility index (Phi) is 10.1. The Bertz CT molecular complexity index is 2950. The molecule has 0 aromatic heterocycles. The Morgan fingerprint density at radius 2 is 1.55 bits per heavy atom. The molecule has 2 aliphatic carbocycles. The van der Waals surface area contributed by atoms with Gasteiger partial charge in [-0.15, -0.1) is 0 Å². The van der Waals surface area contributed by atoms with Crippen molar-refractivity contribution in [1.82, 2.24) is 5.01 Å². The predicted octanol–water partition coefficient (Wildman–Crippen LogP) is 9.71. The zero-order valence-corrected chi connectivity index (χ0v) is 35.5. The van der Waals surface area contributed by atoms with Crippen LogP contribution < -0.4 is 19.8 Å². The molecule has 0 spiro atoms. The number of aromatic hydroxyl groups is 1. The number of nitrogens with zero attached hydrogens (tertiary/aromatic N) is 2. The van der Waals surface area contributed by atoms with Crippen LogP contribution in [0.2, 0.25) is 5.02 Å².